The summed E-state index contributed by atoms with van der Waals surface area (Å²) in [5, 5.41) is 9.87. The number of likely N-dealkylation sites (tertiary alicyclic amines) is 1. The SMILES string of the molecule is COc1ccc(CCC[C@H]2CCCC[C@@H]2N2CC[C@H](O)C2)cc1OC. The van der Waals surface area contributed by atoms with E-state index in [1.807, 2.05) is 6.07 Å². The quantitative estimate of drug-likeness (QED) is 0.817. The lowest BCUT2D eigenvalue weighted by Gasteiger charge is -2.38. The summed E-state index contributed by atoms with van der Waals surface area (Å²) >= 11 is 0. The molecule has 4 heteroatoms. The van der Waals surface area contributed by atoms with Crippen molar-refractivity contribution in [3.05, 3.63) is 23.8 Å². The Labute approximate surface area is 152 Å². The van der Waals surface area contributed by atoms with Crippen molar-refractivity contribution in [2.75, 3.05) is 27.3 Å². The highest BCUT2D eigenvalue weighted by Gasteiger charge is 2.33. The summed E-state index contributed by atoms with van der Waals surface area (Å²) in [4.78, 5) is 2.56. The monoisotopic (exact) mass is 347 g/mol. The van der Waals surface area contributed by atoms with E-state index < -0.39 is 0 Å². The van der Waals surface area contributed by atoms with Crippen LogP contribution in [0.3, 0.4) is 0 Å². The Morgan fingerprint density at radius 1 is 1.08 bits per heavy atom. The van der Waals surface area contributed by atoms with Crippen LogP contribution in [0.5, 0.6) is 11.5 Å². The van der Waals surface area contributed by atoms with Crippen LogP contribution in [0.15, 0.2) is 18.2 Å². The highest BCUT2D eigenvalue weighted by Crippen LogP contribution is 2.34. The van der Waals surface area contributed by atoms with Gasteiger partial charge in [-0.05, 0) is 62.1 Å². The fraction of sp³-hybridized carbons (Fsp3) is 0.714. The van der Waals surface area contributed by atoms with E-state index in [1.54, 1.807) is 14.2 Å². The molecule has 2 aliphatic rings. The van der Waals surface area contributed by atoms with Gasteiger partial charge in [-0.2, -0.15) is 0 Å². The van der Waals surface area contributed by atoms with Crippen LogP contribution in [0.25, 0.3) is 0 Å². The number of benzene rings is 1. The molecule has 0 aromatic heterocycles. The first kappa shape index (κ1) is 18.5. The van der Waals surface area contributed by atoms with E-state index in [0.29, 0.717) is 6.04 Å². The van der Waals surface area contributed by atoms with Crippen LogP contribution >= 0.6 is 0 Å². The first-order chi connectivity index (χ1) is 12.2. The van der Waals surface area contributed by atoms with E-state index in [0.717, 1.165) is 43.3 Å². The van der Waals surface area contributed by atoms with Crippen LogP contribution < -0.4 is 9.47 Å². The second-order valence-corrected chi connectivity index (χ2v) is 7.63. The smallest absolute Gasteiger partial charge is 0.160 e. The number of ether oxygens (including phenoxy) is 2. The minimum absolute atomic E-state index is 0.102. The predicted molar refractivity (Wildman–Crippen MR) is 100 cm³/mol. The highest BCUT2D eigenvalue weighted by molar-refractivity contribution is 5.42. The molecule has 1 heterocycles. The third-order valence-electron chi connectivity index (χ3n) is 6.02. The summed E-state index contributed by atoms with van der Waals surface area (Å²) in [6, 6.07) is 6.95. The second kappa shape index (κ2) is 8.91. The number of methoxy groups -OCH3 is 2. The van der Waals surface area contributed by atoms with Crippen molar-refractivity contribution in [3.8, 4) is 11.5 Å². The average Bonchev–Trinajstić information content (AvgIpc) is 3.08. The maximum atomic E-state index is 9.87. The Kier molecular flexibility index (Phi) is 6.60. The molecule has 1 saturated heterocycles. The summed E-state index contributed by atoms with van der Waals surface area (Å²) in [5.74, 6) is 2.41. The fourth-order valence-corrected chi connectivity index (χ4v) is 4.68. The molecule has 3 atom stereocenters. The van der Waals surface area contributed by atoms with E-state index in [2.05, 4.69) is 17.0 Å². The van der Waals surface area contributed by atoms with Crippen LogP contribution in [0.1, 0.15) is 50.5 Å². The molecule has 0 spiro atoms. The second-order valence-electron chi connectivity index (χ2n) is 7.63. The molecule has 0 amide bonds. The Balaban J connectivity index is 1.53. The third kappa shape index (κ3) is 4.68. The van der Waals surface area contributed by atoms with Crippen molar-refractivity contribution in [1.29, 1.82) is 0 Å². The molecular weight excluding hydrogens is 314 g/mol. The molecule has 1 aliphatic carbocycles. The lowest BCUT2D eigenvalue weighted by Crippen LogP contribution is -2.41. The van der Waals surface area contributed by atoms with E-state index in [-0.39, 0.29) is 6.10 Å². The number of hydrogen-bond donors (Lipinski definition) is 1. The molecule has 1 aromatic carbocycles. The highest BCUT2D eigenvalue weighted by atomic mass is 16.5. The van der Waals surface area contributed by atoms with Gasteiger partial charge in [-0.1, -0.05) is 18.9 Å². The lowest BCUT2D eigenvalue weighted by atomic mass is 9.80. The fourth-order valence-electron chi connectivity index (χ4n) is 4.68. The zero-order chi connectivity index (χ0) is 17.6. The number of aryl methyl sites for hydroxylation is 1. The summed E-state index contributed by atoms with van der Waals surface area (Å²) in [6.45, 7) is 1.97. The van der Waals surface area contributed by atoms with Crippen LogP contribution in [0, 0.1) is 5.92 Å². The first-order valence-electron chi connectivity index (χ1n) is 9.84. The molecule has 140 valence electrons. The molecule has 25 heavy (non-hydrogen) atoms. The number of β-amino-alcohol motifs (C(OH)–C–C–N with tert-alkyl or cyclic N) is 1. The molecule has 0 bridgehead atoms. The Morgan fingerprint density at radius 3 is 2.60 bits per heavy atom. The summed E-state index contributed by atoms with van der Waals surface area (Å²) in [7, 11) is 3.37. The van der Waals surface area contributed by atoms with Crippen molar-refractivity contribution < 1.29 is 14.6 Å². The number of rotatable bonds is 7. The molecular formula is C21H33NO3. The maximum absolute atomic E-state index is 9.87. The summed E-state index contributed by atoms with van der Waals surface area (Å²) in [5.41, 5.74) is 1.32. The largest absolute Gasteiger partial charge is 0.493 e. The van der Waals surface area contributed by atoms with Gasteiger partial charge in [0.25, 0.3) is 0 Å². The minimum Gasteiger partial charge on any atom is -0.493 e. The average molecular weight is 347 g/mol. The molecule has 0 unspecified atom stereocenters. The van der Waals surface area contributed by atoms with Crippen LogP contribution in [-0.4, -0.2) is 49.5 Å². The van der Waals surface area contributed by atoms with Crippen molar-refractivity contribution in [2.45, 2.75) is 63.5 Å². The lowest BCUT2D eigenvalue weighted by molar-refractivity contribution is 0.100. The van der Waals surface area contributed by atoms with Gasteiger partial charge in [-0.15, -0.1) is 0 Å². The molecule has 1 saturated carbocycles. The minimum atomic E-state index is -0.102. The van der Waals surface area contributed by atoms with Crippen LogP contribution in [0.2, 0.25) is 0 Å². The molecule has 1 aliphatic heterocycles. The van der Waals surface area contributed by atoms with Gasteiger partial charge in [0.05, 0.1) is 20.3 Å². The van der Waals surface area contributed by atoms with E-state index in [4.69, 9.17) is 9.47 Å². The predicted octanol–water partition coefficient (Wildman–Crippen LogP) is 3.65. The summed E-state index contributed by atoms with van der Waals surface area (Å²) in [6.07, 6.45) is 9.82. The van der Waals surface area contributed by atoms with Gasteiger partial charge >= 0.3 is 0 Å². The van der Waals surface area contributed by atoms with Crippen molar-refractivity contribution in [2.24, 2.45) is 5.92 Å². The van der Waals surface area contributed by atoms with Crippen LogP contribution in [0.4, 0.5) is 0 Å². The van der Waals surface area contributed by atoms with E-state index >= 15 is 0 Å². The van der Waals surface area contributed by atoms with Gasteiger partial charge in [0.15, 0.2) is 11.5 Å². The van der Waals surface area contributed by atoms with E-state index in [9.17, 15) is 5.11 Å². The standard InChI is InChI=1S/C21H33NO3/c1-24-20-11-10-16(14-21(20)25-2)6-5-8-17-7-3-4-9-19(17)22-13-12-18(23)15-22/h10-11,14,17-19,23H,3-9,12-13,15H2,1-2H3/t17-,18+,19+/m1/s1. The van der Waals surface area contributed by atoms with E-state index in [1.165, 1.54) is 44.1 Å². The molecule has 1 N–H and O–H groups in total. The zero-order valence-electron chi connectivity index (χ0n) is 15.7. The van der Waals surface area contributed by atoms with Gasteiger partial charge in [-0.3, -0.25) is 4.90 Å². The number of hydrogen-bond acceptors (Lipinski definition) is 4. The van der Waals surface area contributed by atoms with Gasteiger partial charge in [-0.25, -0.2) is 0 Å². The van der Waals surface area contributed by atoms with Crippen molar-refractivity contribution in [3.63, 3.8) is 0 Å². The number of nitrogens with zero attached hydrogens (tertiary/aromatic N) is 1. The third-order valence-corrected chi connectivity index (χ3v) is 6.02. The first-order valence-corrected chi connectivity index (χ1v) is 9.84. The molecule has 2 fully saturated rings. The van der Waals surface area contributed by atoms with Crippen molar-refractivity contribution >= 4 is 0 Å². The molecule has 1 aromatic rings. The normalized spacial score (nSPS) is 27.4. The van der Waals surface area contributed by atoms with Gasteiger partial charge in [0, 0.05) is 19.1 Å². The molecule has 3 rings (SSSR count). The number of aliphatic hydroxyl groups excluding tert-OH is 1. The van der Waals surface area contributed by atoms with Crippen molar-refractivity contribution in [1.82, 2.24) is 4.90 Å². The van der Waals surface area contributed by atoms with Crippen LogP contribution in [-0.2, 0) is 6.42 Å². The Hall–Kier alpha value is -1.26. The summed E-state index contributed by atoms with van der Waals surface area (Å²) < 4.78 is 10.7. The van der Waals surface area contributed by atoms with Gasteiger partial charge < -0.3 is 14.6 Å². The Morgan fingerprint density at radius 2 is 1.88 bits per heavy atom. The Bertz CT molecular complexity index is 548. The topological polar surface area (TPSA) is 41.9 Å². The van der Waals surface area contributed by atoms with Gasteiger partial charge in [0.1, 0.15) is 0 Å². The number of aliphatic hydroxyl groups is 1. The molecule has 4 nitrogen and oxygen atoms in total. The van der Waals surface area contributed by atoms with Gasteiger partial charge in [0.2, 0.25) is 0 Å². The molecule has 0 radical (unpaired) electrons. The zero-order valence-corrected chi connectivity index (χ0v) is 15.7. The maximum Gasteiger partial charge on any atom is 0.160 e.